The molecule has 1 amide bonds. The van der Waals surface area contributed by atoms with Crippen LogP contribution in [0.4, 0.5) is 0 Å². The molecule has 0 saturated carbocycles. The van der Waals surface area contributed by atoms with Crippen molar-refractivity contribution in [3.63, 3.8) is 0 Å². The summed E-state index contributed by atoms with van der Waals surface area (Å²) in [7, 11) is 3.92. The standard InChI is InChI=1S/C23H25ClN2O3/c1-15-5-7-17(8-6-15)21(27)19-20(16-9-11-18(24)12-10-16)26(23(29)22(19)28)14-4-13-25(2)3/h5-12,20,27H,4,13-14H2,1-3H3/b21-19+. The lowest BCUT2D eigenvalue weighted by Gasteiger charge is -2.26. The van der Waals surface area contributed by atoms with Crippen LogP contribution in [0.2, 0.25) is 5.02 Å². The van der Waals surface area contributed by atoms with Crippen molar-refractivity contribution < 1.29 is 14.7 Å². The number of ketones is 1. The van der Waals surface area contributed by atoms with Crippen LogP contribution in [0.15, 0.2) is 54.1 Å². The average molecular weight is 413 g/mol. The number of aryl methyl sites for hydroxylation is 1. The Morgan fingerprint density at radius 2 is 1.69 bits per heavy atom. The van der Waals surface area contributed by atoms with Crippen LogP contribution in [0.25, 0.3) is 5.76 Å². The summed E-state index contributed by atoms with van der Waals surface area (Å²) in [6.45, 7) is 3.15. The van der Waals surface area contributed by atoms with Gasteiger partial charge in [0, 0.05) is 17.1 Å². The molecule has 29 heavy (non-hydrogen) atoms. The zero-order chi connectivity index (χ0) is 21.1. The Morgan fingerprint density at radius 1 is 1.07 bits per heavy atom. The first kappa shape index (κ1) is 21.1. The number of benzene rings is 2. The highest BCUT2D eigenvalue weighted by Crippen LogP contribution is 2.39. The number of nitrogens with zero attached hydrogens (tertiary/aromatic N) is 2. The van der Waals surface area contributed by atoms with Crippen LogP contribution < -0.4 is 0 Å². The number of aliphatic hydroxyl groups is 1. The molecule has 1 unspecified atom stereocenters. The van der Waals surface area contributed by atoms with E-state index in [1.165, 1.54) is 0 Å². The van der Waals surface area contributed by atoms with Gasteiger partial charge in [-0.3, -0.25) is 9.59 Å². The second kappa shape index (κ2) is 8.80. The lowest BCUT2D eigenvalue weighted by molar-refractivity contribution is -0.139. The lowest BCUT2D eigenvalue weighted by atomic mass is 9.95. The Balaban J connectivity index is 2.07. The zero-order valence-electron chi connectivity index (χ0n) is 16.9. The number of Topliss-reactive ketones (excluding diaryl/α,β-unsaturated/α-hetero) is 1. The fraction of sp³-hybridized carbons (Fsp3) is 0.304. The number of carbonyl (C=O) groups excluding carboxylic acids is 2. The van der Waals surface area contributed by atoms with Crippen molar-refractivity contribution in [2.24, 2.45) is 0 Å². The lowest BCUT2D eigenvalue weighted by Crippen LogP contribution is -2.32. The molecule has 0 radical (unpaired) electrons. The van der Waals surface area contributed by atoms with Gasteiger partial charge in [0.25, 0.3) is 11.7 Å². The smallest absolute Gasteiger partial charge is 0.295 e. The van der Waals surface area contributed by atoms with Gasteiger partial charge in [0.2, 0.25) is 0 Å². The van der Waals surface area contributed by atoms with E-state index in [2.05, 4.69) is 0 Å². The van der Waals surface area contributed by atoms with Gasteiger partial charge in [0.15, 0.2) is 0 Å². The van der Waals surface area contributed by atoms with Crippen molar-refractivity contribution in [3.05, 3.63) is 75.8 Å². The Bertz CT molecular complexity index is 934. The molecule has 1 saturated heterocycles. The van der Waals surface area contributed by atoms with E-state index in [1.54, 1.807) is 41.3 Å². The van der Waals surface area contributed by atoms with Gasteiger partial charge in [-0.25, -0.2) is 0 Å². The first-order chi connectivity index (χ1) is 13.8. The van der Waals surface area contributed by atoms with Crippen molar-refractivity contribution in [3.8, 4) is 0 Å². The van der Waals surface area contributed by atoms with Crippen LogP contribution in [0.3, 0.4) is 0 Å². The van der Waals surface area contributed by atoms with E-state index in [-0.39, 0.29) is 11.3 Å². The molecule has 0 spiro atoms. The van der Waals surface area contributed by atoms with Gasteiger partial charge >= 0.3 is 0 Å². The first-order valence-corrected chi connectivity index (χ1v) is 9.93. The minimum Gasteiger partial charge on any atom is -0.507 e. The summed E-state index contributed by atoms with van der Waals surface area (Å²) in [5, 5.41) is 11.5. The summed E-state index contributed by atoms with van der Waals surface area (Å²) >= 11 is 6.03. The second-order valence-corrected chi connectivity index (χ2v) is 8.00. The van der Waals surface area contributed by atoms with E-state index in [9.17, 15) is 14.7 Å². The van der Waals surface area contributed by atoms with Crippen molar-refractivity contribution >= 4 is 29.1 Å². The van der Waals surface area contributed by atoms with Crippen LogP contribution in [-0.4, -0.2) is 53.8 Å². The monoisotopic (exact) mass is 412 g/mol. The molecule has 1 fully saturated rings. The number of rotatable bonds is 6. The number of halogens is 1. The van der Waals surface area contributed by atoms with Crippen LogP contribution in [0, 0.1) is 6.92 Å². The summed E-state index contributed by atoms with van der Waals surface area (Å²) in [6, 6.07) is 13.6. The molecule has 5 nitrogen and oxygen atoms in total. The molecule has 1 atom stereocenters. The third-order valence-electron chi connectivity index (χ3n) is 5.06. The molecule has 0 aliphatic carbocycles. The molecule has 1 N–H and O–H groups in total. The number of aliphatic hydroxyl groups excluding tert-OH is 1. The molecule has 2 aromatic carbocycles. The van der Waals surface area contributed by atoms with E-state index in [0.29, 0.717) is 23.6 Å². The number of hydrogen-bond donors (Lipinski definition) is 1. The molecule has 1 aliphatic heterocycles. The van der Waals surface area contributed by atoms with Gasteiger partial charge < -0.3 is 14.9 Å². The Hall–Kier alpha value is -2.63. The van der Waals surface area contributed by atoms with Crippen LogP contribution in [0.5, 0.6) is 0 Å². The fourth-order valence-corrected chi connectivity index (χ4v) is 3.65. The summed E-state index contributed by atoms with van der Waals surface area (Å²) in [5.74, 6) is -1.40. The van der Waals surface area contributed by atoms with Crippen molar-refractivity contribution in [1.29, 1.82) is 0 Å². The molecule has 0 aromatic heterocycles. The Labute approximate surface area is 176 Å². The van der Waals surface area contributed by atoms with Crippen LogP contribution in [0.1, 0.15) is 29.2 Å². The molecular weight excluding hydrogens is 388 g/mol. The quantitative estimate of drug-likeness (QED) is 0.442. The third kappa shape index (κ3) is 4.52. The van der Waals surface area contributed by atoms with E-state index >= 15 is 0 Å². The highest BCUT2D eigenvalue weighted by atomic mass is 35.5. The molecule has 1 aliphatic rings. The minimum atomic E-state index is -0.659. The Morgan fingerprint density at radius 3 is 2.28 bits per heavy atom. The number of amides is 1. The molecular formula is C23H25ClN2O3. The average Bonchev–Trinajstić information content (AvgIpc) is 2.93. The van der Waals surface area contributed by atoms with Crippen molar-refractivity contribution in [2.75, 3.05) is 27.2 Å². The predicted octanol–water partition coefficient (Wildman–Crippen LogP) is 4.02. The van der Waals surface area contributed by atoms with Crippen molar-refractivity contribution in [2.45, 2.75) is 19.4 Å². The maximum Gasteiger partial charge on any atom is 0.295 e. The maximum absolute atomic E-state index is 12.9. The molecule has 2 aromatic rings. The highest BCUT2D eigenvalue weighted by molar-refractivity contribution is 6.46. The maximum atomic E-state index is 12.9. The number of hydrogen-bond acceptors (Lipinski definition) is 4. The topological polar surface area (TPSA) is 60.9 Å². The summed E-state index contributed by atoms with van der Waals surface area (Å²) in [5.41, 5.74) is 2.42. The number of likely N-dealkylation sites (tertiary alicyclic amines) is 1. The van der Waals surface area contributed by atoms with Crippen LogP contribution >= 0.6 is 11.6 Å². The number of carbonyl (C=O) groups is 2. The van der Waals surface area contributed by atoms with E-state index in [1.807, 2.05) is 38.1 Å². The summed E-state index contributed by atoms with van der Waals surface area (Å²) in [6.07, 6.45) is 0.717. The van der Waals surface area contributed by atoms with Crippen molar-refractivity contribution in [1.82, 2.24) is 9.80 Å². The van der Waals surface area contributed by atoms with Gasteiger partial charge in [0.1, 0.15) is 5.76 Å². The predicted molar refractivity (Wildman–Crippen MR) is 115 cm³/mol. The minimum absolute atomic E-state index is 0.117. The SMILES string of the molecule is Cc1ccc(/C(O)=C2\C(=O)C(=O)N(CCCN(C)C)C2c2ccc(Cl)cc2)cc1. The van der Waals surface area contributed by atoms with E-state index in [0.717, 1.165) is 17.7 Å². The third-order valence-corrected chi connectivity index (χ3v) is 5.31. The molecule has 6 heteroatoms. The fourth-order valence-electron chi connectivity index (χ4n) is 3.53. The Kier molecular flexibility index (Phi) is 6.40. The largest absolute Gasteiger partial charge is 0.507 e. The normalized spacial score (nSPS) is 18.7. The van der Waals surface area contributed by atoms with Gasteiger partial charge in [-0.2, -0.15) is 0 Å². The van der Waals surface area contributed by atoms with Gasteiger partial charge in [-0.1, -0.05) is 53.6 Å². The van der Waals surface area contributed by atoms with E-state index in [4.69, 9.17) is 11.6 Å². The molecule has 0 bridgehead atoms. The van der Waals surface area contributed by atoms with Gasteiger partial charge in [-0.15, -0.1) is 0 Å². The highest BCUT2D eigenvalue weighted by Gasteiger charge is 2.45. The van der Waals surface area contributed by atoms with Gasteiger partial charge in [-0.05, 0) is 51.7 Å². The van der Waals surface area contributed by atoms with Crippen LogP contribution in [-0.2, 0) is 9.59 Å². The summed E-state index contributed by atoms with van der Waals surface area (Å²) < 4.78 is 0. The van der Waals surface area contributed by atoms with E-state index < -0.39 is 17.7 Å². The second-order valence-electron chi connectivity index (χ2n) is 7.57. The first-order valence-electron chi connectivity index (χ1n) is 9.55. The molecule has 152 valence electrons. The molecule has 3 rings (SSSR count). The zero-order valence-corrected chi connectivity index (χ0v) is 17.6. The summed E-state index contributed by atoms with van der Waals surface area (Å²) in [4.78, 5) is 29.3. The van der Waals surface area contributed by atoms with Gasteiger partial charge in [0.05, 0.1) is 11.6 Å². The molecule has 1 heterocycles.